The molecule has 1 heterocycles. The third-order valence-corrected chi connectivity index (χ3v) is 8.27. The van der Waals surface area contributed by atoms with Crippen molar-refractivity contribution in [2.45, 2.75) is 77.2 Å². The Morgan fingerprint density at radius 1 is 0.896 bits per heavy atom. The largest absolute Gasteiger partial charge is 0.465 e. The van der Waals surface area contributed by atoms with Gasteiger partial charge in [-0.15, -0.1) is 5.10 Å². The summed E-state index contributed by atoms with van der Waals surface area (Å²) in [5.41, 5.74) is -4.06. The lowest BCUT2D eigenvalue weighted by Gasteiger charge is -2.35. The number of hydrogen-bond donors (Lipinski definition) is 2. The Labute approximate surface area is 269 Å². The van der Waals surface area contributed by atoms with Gasteiger partial charge in [0.2, 0.25) is 0 Å². The Kier molecular flexibility index (Phi) is 10.7. The van der Waals surface area contributed by atoms with Gasteiger partial charge < -0.3 is 20.2 Å². The van der Waals surface area contributed by atoms with Gasteiger partial charge in [0.1, 0.15) is 0 Å². The molecular weight excluding hydrogens is 661 g/mol. The van der Waals surface area contributed by atoms with Gasteiger partial charge in [-0.25, -0.2) is 4.79 Å². The second kappa shape index (κ2) is 14.1. The van der Waals surface area contributed by atoms with Gasteiger partial charge in [-0.1, -0.05) is 5.10 Å². The minimum atomic E-state index is -5.11. The number of hydrogen-bond acceptors (Lipinski definition) is 6. The molecule has 2 aromatic carbocycles. The third kappa shape index (κ3) is 9.21. The Bertz CT molecular complexity index is 1550. The predicted octanol–water partition coefficient (Wildman–Crippen LogP) is 7.43. The Morgan fingerprint density at radius 3 is 1.98 bits per heavy atom. The fraction of sp³-hybridized carbons (Fsp3) is 0.533. The average molecular weight is 696 g/mol. The molecule has 1 saturated carbocycles. The number of carboxylic acid groups (broad SMARTS) is 1. The lowest BCUT2D eigenvalue weighted by molar-refractivity contribution is -0.143. The molecular formula is C30H34F9N7O2. The van der Waals surface area contributed by atoms with Crippen LogP contribution in [0.3, 0.4) is 0 Å². The zero-order chi connectivity index (χ0) is 35.6. The van der Waals surface area contributed by atoms with E-state index in [2.05, 4.69) is 20.7 Å². The van der Waals surface area contributed by atoms with Gasteiger partial charge in [0.15, 0.2) is 0 Å². The van der Waals surface area contributed by atoms with Gasteiger partial charge in [-0.3, -0.25) is 0 Å². The van der Waals surface area contributed by atoms with Crippen LogP contribution >= 0.6 is 0 Å². The first-order valence-electron chi connectivity index (χ1n) is 15.0. The van der Waals surface area contributed by atoms with Crippen LogP contribution in [0.25, 0.3) is 0 Å². The van der Waals surface area contributed by atoms with E-state index < -0.39 is 60.0 Å². The molecule has 0 atom stereocenters. The average Bonchev–Trinajstić information content (AvgIpc) is 3.41. The molecule has 0 saturated heterocycles. The molecule has 2 N–H and O–H groups in total. The Balaban J connectivity index is 1.75. The molecule has 18 heteroatoms. The standard InChI is InChI=1S/C30H34F9N7O2/c1-4-45(14-18-5-7-23(8-6-18)40-27(47)48)25-9-17(2)24(30(37,38)39)12-20(25)16-46(26-41-43-44(3)42-26)15-19-10-21(28(31,32)33)13-22(11-19)29(34,35)36/h9-13,18,23,40H,4-8,14-16H2,1-3H3,(H,47,48). The molecule has 4 rings (SSSR count). The number of tetrazole rings is 1. The maximum atomic E-state index is 14.1. The van der Waals surface area contributed by atoms with Gasteiger partial charge in [-0.05, 0) is 97.7 Å². The normalized spacial score (nSPS) is 17.3. The van der Waals surface area contributed by atoms with Crippen LogP contribution in [0.1, 0.15) is 66.0 Å². The van der Waals surface area contributed by atoms with Crippen LogP contribution in [-0.2, 0) is 38.7 Å². The second-order valence-corrected chi connectivity index (χ2v) is 11.8. The van der Waals surface area contributed by atoms with Crippen LogP contribution in [0.4, 0.5) is 55.9 Å². The summed E-state index contributed by atoms with van der Waals surface area (Å²) in [6.45, 7) is 2.83. The summed E-state index contributed by atoms with van der Waals surface area (Å²) in [5, 5.41) is 23.1. The Hall–Kier alpha value is -4.25. The lowest BCUT2D eigenvalue weighted by Crippen LogP contribution is -2.39. The predicted molar refractivity (Wildman–Crippen MR) is 156 cm³/mol. The van der Waals surface area contributed by atoms with Crippen LogP contribution in [0.2, 0.25) is 0 Å². The fourth-order valence-electron chi connectivity index (χ4n) is 5.97. The molecule has 1 aromatic heterocycles. The molecule has 0 unspecified atom stereocenters. The van der Waals surface area contributed by atoms with Crippen molar-refractivity contribution < 1.29 is 49.4 Å². The van der Waals surface area contributed by atoms with Gasteiger partial charge in [-0.2, -0.15) is 44.3 Å². The van der Waals surface area contributed by atoms with Crippen LogP contribution in [0.5, 0.6) is 0 Å². The summed E-state index contributed by atoms with van der Waals surface area (Å²) in [6, 6.07) is 3.17. The van der Waals surface area contributed by atoms with E-state index in [1.54, 1.807) is 6.92 Å². The second-order valence-electron chi connectivity index (χ2n) is 11.8. The minimum absolute atomic E-state index is 0.00751. The quantitative estimate of drug-likeness (QED) is 0.213. The molecule has 0 aliphatic heterocycles. The molecule has 1 amide bonds. The molecule has 0 spiro atoms. The Morgan fingerprint density at radius 2 is 1.50 bits per heavy atom. The van der Waals surface area contributed by atoms with Gasteiger partial charge in [0, 0.05) is 37.9 Å². The van der Waals surface area contributed by atoms with Crippen molar-refractivity contribution in [1.29, 1.82) is 0 Å². The number of carbonyl (C=O) groups is 1. The molecule has 48 heavy (non-hydrogen) atoms. The molecule has 1 fully saturated rings. The molecule has 0 bridgehead atoms. The summed E-state index contributed by atoms with van der Waals surface area (Å²) in [6.07, 6.45) is -13.6. The van der Waals surface area contributed by atoms with E-state index in [0.717, 1.165) is 10.9 Å². The van der Waals surface area contributed by atoms with Crippen molar-refractivity contribution in [2.75, 3.05) is 22.9 Å². The van der Waals surface area contributed by atoms with E-state index in [1.807, 2.05) is 4.90 Å². The first kappa shape index (κ1) is 36.6. The lowest BCUT2D eigenvalue weighted by atomic mass is 9.85. The summed E-state index contributed by atoms with van der Waals surface area (Å²) < 4.78 is 124. The molecule has 1 aliphatic rings. The van der Waals surface area contributed by atoms with Crippen molar-refractivity contribution in [2.24, 2.45) is 13.0 Å². The van der Waals surface area contributed by atoms with Crippen molar-refractivity contribution >= 4 is 17.7 Å². The highest BCUT2D eigenvalue weighted by atomic mass is 19.4. The number of benzene rings is 2. The highest BCUT2D eigenvalue weighted by molar-refractivity contribution is 5.64. The van der Waals surface area contributed by atoms with Crippen LogP contribution in [-0.4, -0.2) is 50.5 Å². The SMILES string of the molecule is CCN(CC1CCC(NC(=O)O)CC1)c1cc(C)c(C(F)(F)F)cc1CN(Cc1cc(C(F)(F)F)cc(C(F)(F)F)c1)c1nnn(C)n1. The maximum Gasteiger partial charge on any atom is 0.416 e. The monoisotopic (exact) mass is 695 g/mol. The number of halogens is 9. The van der Waals surface area contributed by atoms with E-state index >= 15 is 0 Å². The van der Waals surface area contributed by atoms with E-state index in [4.69, 9.17) is 5.11 Å². The molecule has 3 aromatic rings. The van der Waals surface area contributed by atoms with E-state index in [0.29, 0.717) is 56.6 Å². The van der Waals surface area contributed by atoms with Crippen LogP contribution in [0.15, 0.2) is 30.3 Å². The number of nitrogens with zero attached hydrogens (tertiary/aromatic N) is 6. The topological polar surface area (TPSA) is 99.4 Å². The third-order valence-electron chi connectivity index (χ3n) is 8.27. The number of rotatable bonds is 10. The van der Waals surface area contributed by atoms with Gasteiger partial charge in [0.25, 0.3) is 5.95 Å². The molecule has 0 radical (unpaired) electrons. The zero-order valence-corrected chi connectivity index (χ0v) is 26.1. The first-order chi connectivity index (χ1) is 22.2. The van der Waals surface area contributed by atoms with Crippen LogP contribution < -0.4 is 15.1 Å². The van der Waals surface area contributed by atoms with Crippen molar-refractivity contribution in [1.82, 2.24) is 25.5 Å². The smallest absolute Gasteiger partial charge is 0.416 e. The van der Waals surface area contributed by atoms with Crippen molar-refractivity contribution in [3.63, 3.8) is 0 Å². The van der Waals surface area contributed by atoms with E-state index in [9.17, 15) is 44.3 Å². The molecule has 264 valence electrons. The van der Waals surface area contributed by atoms with Crippen molar-refractivity contribution in [3.8, 4) is 0 Å². The minimum Gasteiger partial charge on any atom is -0.465 e. The summed E-state index contributed by atoms with van der Waals surface area (Å²) in [4.78, 5) is 15.1. The van der Waals surface area contributed by atoms with E-state index in [1.165, 1.54) is 24.9 Å². The summed E-state index contributed by atoms with van der Waals surface area (Å²) in [5.74, 6) is -0.147. The van der Waals surface area contributed by atoms with Gasteiger partial charge in [0.05, 0.1) is 23.7 Å². The first-order valence-corrected chi connectivity index (χ1v) is 15.0. The molecule has 9 nitrogen and oxygen atoms in total. The number of alkyl halides is 9. The number of aromatic nitrogens is 4. The highest BCUT2D eigenvalue weighted by Gasteiger charge is 2.38. The summed E-state index contributed by atoms with van der Waals surface area (Å²) in [7, 11) is 1.37. The summed E-state index contributed by atoms with van der Waals surface area (Å²) >= 11 is 0. The van der Waals surface area contributed by atoms with E-state index in [-0.39, 0.29) is 35.1 Å². The van der Waals surface area contributed by atoms with Crippen LogP contribution in [0, 0.1) is 12.8 Å². The maximum absolute atomic E-state index is 14.1. The van der Waals surface area contributed by atoms with Gasteiger partial charge >= 0.3 is 24.6 Å². The number of nitrogens with one attached hydrogen (secondary N) is 1. The zero-order valence-electron chi connectivity index (χ0n) is 26.1. The fourth-order valence-corrected chi connectivity index (χ4v) is 5.97. The molecule has 1 aliphatic carbocycles. The number of anilines is 2. The highest BCUT2D eigenvalue weighted by Crippen LogP contribution is 2.39. The number of aryl methyl sites for hydroxylation is 2. The number of amides is 1. The van der Waals surface area contributed by atoms with Crippen molar-refractivity contribution in [3.05, 3.63) is 63.7 Å².